The maximum absolute atomic E-state index is 9.21. The largest absolute Gasteiger partial charge is 0.396 e. The highest BCUT2D eigenvalue weighted by molar-refractivity contribution is 4.84. The van der Waals surface area contributed by atoms with E-state index in [1.54, 1.807) is 6.92 Å². The molecular formula is C8H17NO2. The van der Waals surface area contributed by atoms with Crippen molar-refractivity contribution in [3.63, 3.8) is 0 Å². The lowest BCUT2D eigenvalue weighted by molar-refractivity contribution is -0.0191. The minimum atomic E-state index is -0.269. The Morgan fingerprint density at radius 2 is 2.00 bits per heavy atom. The molecule has 1 heterocycles. The van der Waals surface area contributed by atoms with Gasteiger partial charge in [0.1, 0.15) is 0 Å². The molecule has 0 aromatic rings. The Bertz CT molecular complexity index is 121. The van der Waals surface area contributed by atoms with E-state index in [0.717, 1.165) is 13.1 Å². The first-order valence-electron chi connectivity index (χ1n) is 4.18. The fourth-order valence-corrected chi connectivity index (χ4v) is 1.36. The minimum absolute atomic E-state index is 0.234. The van der Waals surface area contributed by atoms with E-state index in [-0.39, 0.29) is 18.8 Å². The molecule has 66 valence electrons. The van der Waals surface area contributed by atoms with Crippen LogP contribution in [0.3, 0.4) is 0 Å². The predicted molar refractivity (Wildman–Crippen MR) is 43.3 cm³/mol. The lowest BCUT2D eigenvalue weighted by Crippen LogP contribution is -2.55. The van der Waals surface area contributed by atoms with Gasteiger partial charge in [0.25, 0.3) is 0 Å². The van der Waals surface area contributed by atoms with Crippen molar-refractivity contribution >= 4 is 0 Å². The summed E-state index contributed by atoms with van der Waals surface area (Å²) in [5.41, 5.74) is 0. The van der Waals surface area contributed by atoms with Crippen LogP contribution in [-0.2, 0) is 0 Å². The average Bonchev–Trinajstić information content (AvgIpc) is 1.85. The van der Waals surface area contributed by atoms with E-state index >= 15 is 0 Å². The Kier molecular flexibility index (Phi) is 2.87. The molecule has 1 saturated heterocycles. The smallest absolute Gasteiger partial charge is 0.0664 e. The van der Waals surface area contributed by atoms with Crippen LogP contribution in [0.15, 0.2) is 0 Å². The Morgan fingerprint density at radius 3 is 2.36 bits per heavy atom. The monoisotopic (exact) mass is 159 g/mol. The second-order valence-electron chi connectivity index (χ2n) is 3.48. The number of hydrogen-bond acceptors (Lipinski definition) is 3. The third-order valence-electron chi connectivity index (χ3n) is 2.52. The van der Waals surface area contributed by atoms with Gasteiger partial charge in [0.15, 0.2) is 0 Å². The maximum Gasteiger partial charge on any atom is 0.0664 e. The van der Waals surface area contributed by atoms with E-state index in [9.17, 15) is 5.11 Å². The Hall–Kier alpha value is -0.120. The molecule has 1 fully saturated rings. The Morgan fingerprint density at radius 1 is 1.45 bits per heavy atom. The molecule has 2 N–H and O–H groups in total. The summed E-state index contributed by atoms with van der Waals surface area (Å²) in [5.74, 6) is 0.441. The number of aliphatic hydroxyl groups excluding tert-OH is 2. The molecule has 0 radical (unpaired) electrons. The first-order chi connectivity index (χ1) is 5.15. The fourth-order valence-electron chi connectivity index (χ4n) is 1.36. The van der Waals surface area contributed by atoms with Crippen molar-refractivity contribution in [3.05, 3.63) is 0 Å². The van der Waals surface area contributed by atoms with E-state index in [1.165, 1.54) is 0 Å². The van der Waals surface area contributed by atoms with E-state index in [4.69, 9.17) is 5.11 Å². The first kappa shape index (κ1) is 8.97. The molecule has 0 amide bonds. The summed E-state index contributed by atoms with van der Waals surface area (Å²) >= 11 is 0. The van der Waals surface area contributed by atoms with E-state index in [0.29, 0.717) is 5.92 Å². The van der Waals surface area contributed by atoms with Gasteiger partial charge in [-0.05, 0) is 13.8 Å². The standard InChI is InChI=1S/C8H17NO2/c1-6(7(2)11)9-3-8(4-9)5-10/h6-8,10-11H,3-5H2,1-2H3. The van der Waals surface area contributed by atoms with E-state index in [2.05, 4.69) is 4.90 Å². The maximum atomic E-state index is 9.21. The second-order valence-corrected chi connectivity index (χ2v) is 3.48. The molecule has 0 saturated carbocycles. The van der Waals surface area contributed by atoms with Crippen molar-refractivity contribution in [2.24, 2.45) is 5.92 Å². The van der Waals surface area contributed by atoms with Crippen molar-refractivity contribution in [2.75, 3.05) is 19.7 Å². The molecule has 3 heteroatoms. The van der Waals surface area contributed by atoms with Crippen LogP contribution in [0.2, 0.25) is 0 Å². The van der Waals surface area contributed by atoms with Crippen molar-refractivity contribution in [2.45, 2.75) is 26.0 Å². The topological polar surface area (TPSA) is 43.7 Å². The van der Waals surface area contributed by atoms with Crippen LogP contribution in [0.5, 0.6) is 0 Å². The molecule has 0 aliphatic carbocycles. The summed E-state index contributed by atoms with van der Waals surface area (Å²) in [7, 11) is 0. The van der Waals surface area contributed by atoms with Gasteiger partial charge in [0, 0.05) is 31.7 Å². The molecule has 0 aromatic carbocycles. The van der Waals surface area contributed by atoms with Crippen LogP contribution in [0, 0.1) is 5.92 Å². The number of rotatable bonds is 3. The lowest BCUT2D eigenvalue weighted by Gasteiger charge is -2.43. The third-order valence-corrected chi connectivity index (χ3v) is 2.52. The summed E-state index contributed by atoms with van der Waals surface area (Å²) in [5, 5.41) is 17.9. The van der Waals surface area contributed by atoms with Crippen LogP contribution < -0.4 is 0 Å². The van der Waals surface area contributed by atoms with Crippen LogP contribution in [0.25, 0.3) is 0 Å². The molecule has 2 unspecified atom stereocenters. The highest BCUT2D eigenvalue weighted by Gasteiger charge is 2.31. The van der Waals surface area contributed by atoms with Crippen LogP contribution in [-0.4, -0.2) is 47.0 Å². The molecule has 0 aromatic heterocycles. The Balaban J connectivity index is 2.21. The first-order valence-corrected chi connectivity index (χ1v) is 4.18. The highest BCUT2D eigenvalue weighted by atomic mass is 16.3. The lowest BCUT2D eigenvalue weighted by atomic mass is 9.97. The molecular weight excluding hydrogens is 142 g/mol. The summed E-state index contributed by atoms with van der Waals surface area (Å²) in [4.78, 5) is 2.19. The average molecular weight is 159 g/mol. The van der Waals surface area contributed by atoms with Gasteiger partial charge in [-0.2, -0.15) is 0 Å². The molecule has 11 heavy (non-hydrogen) atoms. The van der Waals surface area contributed by atoms with Gasteiger partial charge < -0.3 is 10.2 Å². The van der Waals surface area contributed by atoms with Gasteiger partial charge in [-0.25, -0.2) is 0 Å². The third kappa shape index (κ3) is 1.92. The molecule has 1 aliphatic heterocycles. The molecule has 0 spiro atoms. The van der Waals surface area contributed by atoms with Crippen molar-refractivity contribution in [1.82, 2.24) is 4.90 Å². The number of hydrogen-bond donors (Lipinski definition) is 2. The zero-order chi connectivity index (χ0) is 8.43. The summed E-state index contributed by atoms with van der Waals surface area (Å²) in [6, 6.07) is 0.234. The zero-order valence-electron chi connectivity index (χ0n) is 7.20. The van der Waals surface area contributed by atoms with Gasteiger partial charge in [0.2, 0.25) is 0 Å². The van der Waals surface area contributed by atoms with Crippen molar-refractivity contribution in [1.29, 1.82) is 0 Å². The van der Waals surface area contributed by atoms with Crippen LogP contribution in [0.4, 0.5) is 0 Å². The van der Waals surface area contributed by atoms with Crippen molar-refractivity contribution in [3.8, 4) is 0 Å². The zero-order valence-corrected chi connectivity index (χ0v) is 7.20. The molecule has 1 aliphatic rings. The number of aliphatic hydroxyl groups is 2. The number of nitrogens with zero attached hydrogens (tertiary/aromatic N) is 1. The van der Waals surface area contributed by atoms with Gasteiger partial charge in [0.05, 0.1) is 6.10 Å². The number of likely N-dealkylation sites (tertiary alicyclic amines) is 1. The quantitative estimate of drug-likeness (QED) is 0.593. The predicted octanol–water partition coefficient (Wildman–Crippen LogP) is -0.320. The second kappa shape index (κ2) is 3.52. The van der Waals surface area contributed by atoms with Gasteiger partial charge in [-0.15, -0.1) is 0 Å². The summed E-state index contributed by atoms with van der Waals surface area (Å²) < 4.78 is 0. The normalized spacial score (nSPS) is 26.2. The van der Waals surface area contributed by atoms with E-state index < -0.39 is 0 Å². The van der Waals surface area contributed by atoms with Gasteiger partial charge >= 0.3 is 0 Å². The van der Waals surface area contributed by atoms with E-state index in [1.807, 2.05) is 6.92 Å². The molecule has 2 atom stereocenters. The highest BCUT2D eigenvalue weighted by Crippen LogP contribution is 2.19. The fraction of sp³-hybridized carbons (Fsp3) is 1.00. The minimum Gasteiger partial charge on any atom is -0.396 e. The van der Waals surface area contributed by atoms with Crippen molar-refractivity contribution < 1.29 is 10.2 Å². The van der Waals surface area contributed by atoms with Gasteiger partial charge in [-0.3, -0.25) is 4.90 Å². The van der Waals surface area contributed by atoms with Crippen LogP contribution >= 0.6 is 0 Å². The summed E-state index contributed by atoms with van der Waals surface area (Å²) in [6.07, 6.45) is -0.269. The Labute approximate surface area is 67.6 Å². The summed E-state index contributed by atoms with van der Waals surface area (Å²) in [6.45, 7) is 5.96. The van der Waals surface area contributed by atoms with Crippen LogP contribution in [0.1, 0.15) is 13.8 Å². The molecule has 1 rings (SSSR count). The van der Waals surface area contributed by atoms with Gasteiger partial charge in [-0.1, -0.05) is 0 Å². The SMILES string of the molecule is CC(O)C(C)N1CC(CO)C1. The molecule has 0 bridgehead atoms. The molecule has 3 nitrogen and oxygen atoms in total.